The molecule has 296 valence electrons. The van der Waals surface area contributed by atoms with Crippen molar-refractivity contribution in [2.75, 3.05) is 0 Å². The van der Waals surface area contributed by atoms with E-state index < -0.39 is 0 Å². The van der Waals surface area contributed by atoms with Crippen molar-refractivity contribution in [3.8, 4) is 55.8 Å². The minimum absolute atomic E-state index is 0.892. The summed E-state index contributed by atoms with van der Waals surface area (Å²) in [5, 5.41) is 10.3. The van der Waals surface area contributed by atoms with Crippen molar-refractivity contribution in [1.82, 2.24) is 4.98 Å². The van der Waals surface area contributed by atoms with Crippen LogP contribution >= 0.6 is 0 Å². The SMILES string of the molecule is C=c1/c(=C(\C=C/C)c2ccc(-c3ccccc3)cc2)ccc2c(-c3ccc(-c4ccccc4)cc3)cc(-c3ccc(-c4c5ccccc5cc5ccccc45)c4ccccc34)nc12. The van der Waals surface area contributed by atoms with Gasteiger partial charge in [-0.2, -0.15) is 0 Å². The second-order valence-corrected chi connectivity index (χ2v) is 16.2. The summed E-state index contributed by atoms with van der Waals surface area (Å²) in [5.41, 5.74) is 14.6. The molecule has 0 amide bonds. The van der Waals surface area contributed by atoms with E-state index in [1.54, 1.807) is 0 Å². The number of rotatable bonds is 7. The van der Waals surface area contributed by atoms with Crippen LogP contribution in [0.2, 0.25) is 0 Å². The minimum atomic E-state index is 0.892. The average molecular weight is 802 g/mol. The van der Waals surface area contributed by atoms with Gasteiger partial charge < -0.3 is 0 Å². The summed E-state index contributed by atoms with van der Waals surface area (Å²) in [7, 11) is 0. The summed E-state index contributed by atoms with van der Waals surface area (Å²) in [6.07, 6.45) is 4.31. The molecular weight excluding hydrogens is 759 g/mol. The molecule has 11 rings (SSSR count). The van der Waals surface area contributed by atoms with Crippen LogP contribution in [0.4, 0.5) is 0 Å². The molecule has 0 aliphatic carbocycles. The molecule has 11 aromatic rings. The third-order valence-corrected chi connectivity index (χ3v) is 12.6. The highest BCUT2D eigenvalue weighted by molar-refractivity contribution is 6.18. The van der Waals surface area contributed by atoms with E-state index in [-0.39, 0.29) is 0 Å². The molecule has 0 fully saturated rings. The van der Waals surface area contributed by atoms with Gasteiger partial charge in [0.1, 0.15) is 0 Å². The Morgan fingerprint density at radius 1 is 0.413 bits per heavy atom. The molecule has 0 radical (unpaired) electrons. The molecule has 1 nitrogen and oxygen atoms in total. The smallest absolute Gasteiger partial charge is 0.0788 e. The van der Waals surface area contributed by atoms with Crippen LogP contribution in [0.25, 0.3) is 111 Å². The first-order valence-corrected chi connectivity index (χ1v) is 21.7. The quantitative estimate of drug-likeness (QED) is 0.146. The minimum Gasteiger partial charge on any atom is -0.247 e. The Bertz CT molecular complexity index is 3600. The van der Waals surface area contributed by atoms with Crippen molar-refractivity contribution in [2.45, 2.75) is 6.92 Å². The Balaban J connectivity index is 1.15. The van der Waals surface area contributed by atoms with Gasteiger partial charge in [0.25, 0.3) is 0 Å². The summed E-state index contributed by atoms with van der Waals surface area (Å²) in [5.74, 6) is 0. The van der Waals surface area contributed by atoms with Crippen molar-refractivity contribution < 1.29 is 0 Å². The lowest BCUT2D eigenvalue weighted by molar-refractivity contribution is 1.37. The Morgan fingerprint density at radius 3 is 1.51 bits per heavy atom. The van der Waals surface area contributed by atoms with E-state index in [2.05, 4.69) is 237 Å². The molecule has 0 saturated carbocycles. The molecule has 10 aromatic carbocycles. The van der Waals surface area contributed by atoms with E-state index >= 15 is 0 Å². The van der Waals surface area contributed by atoms with E-state index in [0.29, 0.717) is 0 Å². The first-order chi connectivity index (χ1) is 31.1. The molecule has 1 heterocycles. The molecule has 0 aliphatic rings. The van der Waals surface area contributed by atoms with Gasteiger partial charge in [-0.1, -0.05) is 225 Å². The Morgan fingerprint density at radius 2 is 0.905 bits per heavy atom. The van der Waals surface area contributed by atoms with Crippen LogP contribution in [0.1, 0.15) is 12.5 Å². The van der Waals surface area contributed by atoms with Crippen LogP contribution in [0.5, 0.6) is 0 Å². The van der Waals surface area contributed by atoms with Crippen molar-refractivity contribution >= 4 is 55.4 Å². The van der Waals surface area contributed by atoms with Crippen molar-refractivity contribution in [3.05, 3.63) is 247 Å². The number of nitrogens with zero attached hydrogens (tertiary/aromatic N) is 1. The summed E-state index contributed by atoms with van der Waals surface area (Å²) >= 11 is 0. The Kier molecular flexibility index (Phi) is 9.64. The van der Waals surface area contributed by atoms with E-state index in [1.807, 2.05) is 0 Å². The van der Waals surface area contributed by atoms with Crippen LogP contribution in [-0.2, 0) is 0 Å². The first kappa shape index (κ1) is 37.8. The lowest BCUT2D eigenvalue weighted by Gasteiger charge is -2.17. The topological polar surface area (TPSA) is 12.9 Å². The third kappa shape index (κ3) is 6.81. The van der Waals surface area contributed by atoms with Crippen LogP contribution in [0, 0.1) is 0 Å². The largest absolute Gasteiger partial charge is 0.247 e. The highest BCUT2D eigenvalue weighted by Crippen LogP contribution is 2.43. The lowest BCUT2D eigenvalue weighted by Crippen LogP contribution is -2.27. The molecule has 0 N–H and O–H groups in total. The molecule has 0 atom stereocenters. The lowest BCUT2D eigenvalue weighted by atomic mass is 9.87. The average Bonchev–Trinajstić information content (AvgIpc) is 3.35. The van der Waals surface area contributed by atoms with Gasteiger partial charge in [-0.15, -0.1) is 0 Å². The summed E-state index contributed by atoms with van der Waals surface area (Å²) in [6, 6.07) is 78.9. The van der Waals surface area contributed by atoms with E-state index in [1.165, 1.54) is 60.3 Å². The molecule has 0 unspecified atom stereocenters. The number of fused-ring (bicyclic) bond motifs is 4. The Hall–Kier alpha value is -8.13. The maximum atomic E-state index is 5.60. The number of benzene rings is 10. The fourth-order valence-corrected chi connectivity index (χ4v) is 9.48. The number of hydrogen-bond donors (Lipinski definition) is 0. The van der Waals surface area contributed by atoms with Gasteiger partial charge in [-0.3, -0.25) is 0 Å². The van der Waals surface area contributed by atoms with Gasteiger partial charge in [-0.05, 0) is 112 Å². The van der Waals surface area contributed by atoms with E-state index in [4.69, 9.17) is 11.6 Å². The van der Waals surface area contributed by atoms with Gasteiger partial charge in [0.15, 0.2) is 0 Å². The molecule has 1 heteroatoms. The molecular formula is C62H43N. The van der Waals surface area contributed by atoms with Gasteiger partial charge in [0.2, 0.25) is 0 Å². The summed E-state index contributed by atoms with van der Waals surface area (Å²) < 4.78 is 0. The van der Waals surface area contributed by atoms with Crippen molar-refractivity contribution in [2.24, 2.45) is 0 Å². The van der Waals surface area contributed by atoms with Crippen molar-refractivity contribution in [1.29, 1.82) is 0 Å². The summed E-state index contributed by atoms with van der Waals surface area (Å²) in [4.78, 5) is 5.60. The normalized spacial score (nSPS) is 12.1. The second kappa shape index (κ2) is 16.0. The molecule has 0 bridgehead atoms. The second-order valence-electron chi connectivity index (χ2n) is 16.2. The van der Waals surface area contributed by atoms with Crippen LogP contribution in [0.15, 0.2) is 231 Å². The standard InChI is InChI=1S/C62H43N/c1-3-16-51(46-31-27-44(28-32-46)42-17-6-4-7-18-42)50-35-38-58-59(47-33-29-45(30-34-47)43-19-8-5-9-20-43)40-60(63-62(58)41(50)2)56-36-37-57(55-26-15-14-25-54(55)56)61-52-23-12-10-21-48(52)39-49-22-11-13-24-53(49)61/h3-40H,2H2,1H3/b16-3-,51-50+. The predicted octanol–water partition coefficient (Wildman–Crippen LogP) is 15.2. The van der Waals surface area contributed by atoms with Gasteiger partial charge in [-0.25, -0.2) is 4.98 Å². The third-order valence-electron chi connectivity index (χ3n) is 12.6. The highest BCUT2D eigenvalue weighted by atomic mass is 14.7. The zero-order valence-electron chi connectivity index (χ0n) is 35.1. The predicted molar refractivity (Wildman–Crippen MR) is 270 cm³/mol. The fraction of sp³-hybridized carbons (Fsp3) is 0.0161. The maximum absolute atomic E-state index is 5.60. The Labute approximate surface area is 367 Å². The monoisotopic (exact) mass is 801 g/mol. The molecule has 0 saturated heterocycles. The van der Waals surface area contributed by atoms with Crippen LogP contribution in [0.3, 0.4) is 0 Å². The number of allylic oxidation sites excluding steroid dienone is 2. The van der Waals surface area contributed by atoms with Crippen LogP contribution in [-0.4, -0.2) is 4.98 Å². The fourth-order valence-electron chi connectivity index (χ4n) is 9.48. The van der Waals surface area contributed by atoms with Crippen LogP contribution < -0.4 is 10.4 Å². The van der Waals surface area contributed by atoms with Gasteiger partial charge in [0.05, 0.1) is 11.2 Å². The maximum Gasteiger partial charge on any atom is 0.0788 e. The molecule has 1 aromatic heterocycles. The number of pyridine rings is 1. The number of aromatic nitrogens is 1. The van der Waals surface area contributed by atoms with E-state index in [9.17, 15) is 0 Å². The number of hydrogen-bond acceptors (Lipinski definition) is 1. The molecule has 63 heavy (non-hydrogen) atoms. The first-order valence-electron chi connectivity index (χ1n) is 21.7. The molecule has 0 spiro atoms. The van der Waals surface area contributed by atoms with Gasteiger partial charge >= 0.3 is 0 Å². The van der Waals surface area contributed by atoms with Gasteiger partial charge in [0, 0.05) is 16.2 Å². The molecule has 0 aliphatic heterocycles. The highest BCUT2D eigenvalue weighted by Gasteiger charge is 2.18. The summed E-state index contributed by atoms with van der Waals surface area (Å²) in [6.45, 7) is 6.90. The zero-order chi connectivity index (χ0) is 42.3. The van der Waals surface area contributed by atoms with Crippen molar-refractivity contribution in [3.63, 3.8) is 0 Å². The zero-order valence-corrected chi connectivity index (χ0v) is 35.1. The van der Waals surface area contributed by atoms with E-state index in [0.717, 1.165) is 60.2 Å².